The molecule has 2 N–H and O–H groups in total. The number of hydrogen-bond acceptors (Lipinski definition) is 1. The molecule has 0 bridgehead atoms. The fourth-order valence-electron chi connectivity index (χ4n) is 3.37. The molecule has 1 saturated carbocycles. The molecule has 3 rings (SSSR count). The Morgan fingerprint density at radius 2 is 2.00 bits per heavy atom. The minimum Gasteiger partial charge on any atom is -0.361 e. The maximum atomic E-state index is 3.61. The third-order valence-electron chi connectivity index (χ3n) is 4.81. The van der Waals surface area contributed by atoms with Crippen molar-refractivity contribution in [3.05, 3.63) is 36.0 Å². The van der Waals surface area contributed by atoms with Gasteiger partial charge in [-0.2, -0.15) is 0 Å². The van der Waals surface area contributed by atoms with Gasteiger partial charge in [-0.15, -0.1) is 0 Å². The summed E-state index contributed by atoms with van der Waals surface area (Å²) in [6, 6.07) is 8.81. The topological polar surface area (TPSA) is 27.8 Å². The molecule has 0 amide bonds. The van der Waals surface area contributed by atoms with E-state index in [0.29, 0.717) is 0 Å². The van der Waals surface area contributed by atoms with Gasteiger partial charge in [-0.3, -0.25) is 0 Å². The fraction of sp³-hybridized carbons (Fsp3) is 0.556. The lowest BCUT2D eigenvalue weighted by molar-refractivity contribution is 0.275. The predicted molar refractivity (Wildman–Crippen MR) is 85.7 cm³/mol. The van der Waals surface area contributed by atoms with E-state index in [1.807, 2.05) is 6.20 Å². The Labute approximate surface area is 122 Å². The number of nitrogens with one attached hydrogen (secondary N) is 2. The molecule has 1 aromatic carbocycles. The number of H-pyrrole nitrogens is 1. The van der Waals surface area contributed by atoms with Gasteiger partial charge in [0.25, 0.3) is 0 Å². The summed E-state index contributed by atoms with van der Waals surface area (Å²) in [6.45, 7) is 4.54. The number of benzene rings is 1. The smallest absolute Gasteiger partial charge is 0.0454 e. The first-order valence-corrected chi connectivity index (χ1v) is 8.08. The van der Waals surface area contributed by atoms with Crippen molar-refractivity contribution < 1.29 is 0 Å². The maximum absolute atomic E-state index is 3.61. The molecule has 2 heteroatoms. The van der Waals surface area contributed by atoms with Crippen molar-refractivity contribution in [2.45, 2.75) is 45.6 Å². The van der Waals surface area contributed by atoms with Crippen LogP contribution >= 0.6 is 0 Å². The summed E-state index contributed by atoms with van der Waals surface area (Å²) < 4.78 is 0. The quantitative estimate of drug-likeness (QED) is 0.771. The van der Waals surface area contributed by atoms with Crippen LogP contribution in [-0.4, -0.2) is 11.5 Å². The summed E-state index contributed by atoms with van der Waals surface area (Å²) >= 11 is 0. The number of rotatable bonds is 5. The zero-order valence-corrected chi connectivity index (χ0v) is 12.5. The molecule has 2 nitrogen and oxygen atoms in total. The molecule has 1 fully saturated rings. The average Bonchev–Trinajstić information content (AvgIpc) is 2.93. The van der Waals surface area contributed by atoms with Crippen molar-refractivity contribution in [2.24, 2.45) is 11.8 Å². The lowest BCUT2D eigenvalue weighted by Crippen LogP contribution is -2.20. The molecule has 1 aliphatic carbocycles. The molecule has 0 aliphatic heterocycles. The highest BCUT2D eigenvalue weighted by molar-refractivity contribution is 5.79. The van der Waals surface area contributed by atoms with Crippen molar-refractivity contribution >= 4 is 10.9 Å². The van der Waals surface area contributed by atoms with Crippen LogP contribution in [0.5, 0.6) is 0 Å². The van der Waals surface area contributed by atoms with E-state index in [9.17, 15) is 0 Å². The van der Waals surface area contributed by atoms with Gasteiger partial charge in [-0.05, 0) is 54.0 Å². The van der Waals surface area contributed by atoms with Gasteiger partial charge in [0, 0.05) is 18.3 Å². The van der Waals surface area contributed by atoms with Crippen molar-refractivity contribution in [1.29, 1.82) is 0 Å². The molecule has 1 heterocycles. The average molecular weight is 270 g/mol. The van der Waals surface area contributed by atoms with Crippen LogP contribution in [0, 0.1) is 11.8 Å². The predicted octanol–water partition coefficient (Wildman–Crippen LogP) is 4.47. The van der Waals surface area contributed by atoms with Crippen LogP contribution in [-0.2, 0) is 6.54 Å². The first-order valence-electron chi connectivity index (χ1n) is 8.08. The van der Waals surface area contributed by atoms with E-state index in [2.05, 4.69) is 41.5 Å². The van der Waals surface area contributed by atoms with E-state index >= 15 is 0 Å². The van der Waals surface area contributed by atoms with Crippen LogP contribution in [0.1, 0.15) is 44.6 Å². The van der Waals surface area contributed by atoms with Crippen LogP contribution < -0.4 is 5.32 Å². The number of fused-ring (bicyclic) bond motifs is 1. The first-order chi connectivity index (χ1) is 9.81. The standard InChI is InChI=1S/C18H26N2/c1-14-2-4-15(5-3-14)8-10-19-13-16-6-7-18-17(12-16)9-11-20-18/h6-7,9,11-12,14-15,19-20H,2-5,8,10,13H2,1H3. The molecular formula is C18H26N2. The summed E-state index contributed by atoms with van der Waals surface area (Å²) in [6.07, 6.45) is 9.12. The van der Waals surface area contributed by atoms with Gasteiger partial charge in [0.05, 0.1) is 0 Å². The summed E-state index contributed by atoms with van der Waals surface area (Å²) in [5.41, 5.74) is 2.61. The Kier molecular flexibility index (Phi) is 4.41. The number of aromatic nitrogens is 1. The molecule has 1 aromatic heterocycles. The van der Waals surface area contributed by atoms with Gasteiger partial charge in [0.15, 0.2) is 0 Å². The van der Waals surface area contributed by atoms with Gasteiger partial charge in [0.2, 0.25) is 0 Å². The number of aromatic amines is 1. The van der Waals surface area contributed by atoms with Gasteiger partial charge < -0.3 is 10.3 Å². The molecule has 0 spiro atoms. The van der Waals surface area contributed by atoms with Gasteiger partial charge in [-0.1, -0.05) is 38.7 Å². The van der Waals surface area contributed by atoms with Crippen molar-refractivity contribution in [1.82, 2.24) is 10.3 Å². The second-order valence-corrected chi connectivity index (χ2v) is 6.49. The molecule has 0 unspecified atom stereocenters. The lowest BCUT2D eigenvalue weighted by Gasteiger charge is -2.26. The monoisotopic (exact) mass is 270 g/mol. The van der Waals surface area contributed by atoms with E-state index in [1.54, 1.807) is 0 Å². The second kappa shape index (κ2) is 6.45. The fourth-order valence-corrected chi connectivity index (χ4v) is 3.37. The first kappa shape index (κ1) is 13.7. The Morgan fingerprint density at radius 3 is 2.85 bits per heavy atom. The molecule has 0 saturated heterocycles. The third-order valence-corrected chi connectivity index (χ3v) is 4.81. The molecule has 0 radical (unpaired) electrons. The number of hydrogen-bond donors (Lipinski definition) is 2. The Balaban J connectivity index is 1.41. The van der Waals surface area contributed by atoms with Gasteiger partial charge in [0.1, 0.15) is 0 Å². The van der Waals surface area contributed by atoms with Crippen LogP contribution in [0.2, 0.25) is 0 Å². The van der Waals surface area contributed by atoms with E-state index in [0.717, 1.165) is 24.9 Å². The van der Waals surface area contributed by atoms with E-state index < -0.39 is 0 Å². The lowest BCUT2D eigenvalue weighted by atomic mass is 9.81. The SMILES string of the molecule is CC1CCC(CCNCc2ccc3[nH]ccc3c2)CC1. The van der Waals surface area contributed by atoms with E-state index in [1.165, 1.54) is 48.6 Å². The minimum absolute atomic E-state index is 0.964. The van der Waals surface area contributed by atoms with Gasteiger partial charge >= 0.3 is 0 Å². The van der Waals surface area contributed by atoms with Crippen molar-refractivity contribution in [2.75, 3.05) is 6.54 Å². The molecule has 0 atom stereocenters. The highest BCUT2D eigenvalue weighted by Crippen LogP contribution is 2.29. The normalized spacial score (nSPS) is 23.2. The highest BCUT2D eigenvalue weighted by Gasteiger charge is 2.17. The Bertz CT molecular complexity index is 535. The second-order valence-electron chi connectivity index (χ2n) is 6.49. The molecule has 20 heavy (non-hydrogen) atoms. The van der Waals surface area contributed by atoms with Crippen molar-refractivity contribution in [3.8, 4) is 0 Å². The van der Waals surface area contributed by atoms with Gasteiger partial charge in [-0.25, -0.2) is 0 Å². The zero-order chi connectivity index (χ0) is 13.8. The maximum Gasteiger partial charge on any atom is 0.0454 e. The zero-order valence-electron chi connectivity index (χ0n) is 12.5. The van der Waals surface area contributed by atoms with Crippen LogP contribution in [0.25, 0.3) is 10.9 Å². The van der Waals surface area contributed by atoms with E-state index in [-0.39, 0.29) is 0 Å². The van der Waals surface area contributed by atoms with E-state index in [4.69, 9.17) is 0 Å². The van der Waals surface area contributed by atoms with Crippen LogP contribution in [0.3, 0.4) is 0 Å². The molecule has 2 aromatic rings. The minimum atomic E-state index is 0.964. The Morgan fingerprint density at radius 1 is 1.15 bits per heavy atom. The summed E-state index contributed by atoms with van der Waals surface area (Å²) in [4.78, 5) is 3.24. The third kappa shape index (κ3) is 3.43. The molecule has 1 aliphatic rings. The Hall–Kier alpha value is -1.28. The van der Waals surface area contributed by atoms with Crippen LogP contribution in [0.15, 0.2) is 30.5 Å². The highest BCUT2D eigenvalue weighted by atomic mass is 14.8. The van der Waals surface area contributed by atoms with Crippen molar-refractivity contribution in [3.63, 3.8) is 0 Å². The molecular weight excluding hydrogens is 244 g/mol. The summed E-state index contributed by atoms with van der Waals surface area (Å²) in [5.74, 6) is 1.93. The summed E-state index contributed by atoms with van der Waals surface area (Å²) in [5, 5.41) is 4.92. The molecule has 108 valence electrons. The summed E-state index contributed by atoms with van der Waals surface area (Å²) in [7, 11) is 0. The van der Waals surface area contributed by atoms with Crippen LogP contribution in [0.4, 0.5) is 0 Å². The largest absolute Gasteiger partial charge is 0.361 e.